The van der Waals surface area contributed by atoms with Crippen LogP contribution in [0.1, 0.15) is 15.4 Å². The van der Waals surface area contributed by atoms with Gasteiger partial charge in [0.05, 0.1) is 12.8 Å². The molecule has 1 aromatic carbocycles. The largest absolute Gasteiger partial charge is 0.497 e. The first-order valence-electron chi connectivity index (χ1n) is 5.67. The van der Waals surface area contributed by atoms with Crippen molar-refractivity contribution in [1.82, 2.24) is 4.98 Å². The first kappa shape index (κ1) is 10.7. The lowest BCUT2D eigenvalue weighted by Gasteiger charge is -2.15. The van der Waals surface area contributed by atoms with E-state index in [0.29, 0.717) is 6.54 Å². The van der Waals surface area contributed by atoms with Crippen LogP contribution in [0.5, 0.6) is 5.75 Å². The summed E-state index contributed by atoms with van der Waals surface area (Å²) in [7, 11) is 1.69. The summed E-state index contributed by atoms with van der Waals surface area (Å²) in [6.45, 7) is 0.525. The van der Waals surface area contributed by atoms with Crippen molar-refractivity contribution >= 4 is 11.3 Å². The van der Waals surface area contributed by atoms with Crippen molar-refractivity contribution in [2.24, 2.45) is 5.73 Å². The topological polar surface area (TPSA) is 48.1 Å². The predicted molar refractivity (Wildman–Crippen MR) is 69.4 cm³/mol. The van der Waals surface area contributed by atoms with Gasteiger partial charge in [0.2, 0.25) is 0 Å². The zero-order valence-electron chi connectivity index (χ0n) is 9.69. The van der Waals surface area contributed by atoms with E-state index in [1.807, 2.05) is 6.07 Å². The lowest BCUT2D eigenvalue weighted by atomic mass is 9.93. The van der Waals surface area contributed by atoms with E-state index in [-0.39, 0.29) is 0 Å². The second kappa shape index (κ2) is 4.13. The molecule has 1 aliphatic rings. The average molecular weight is 246 g/mol. The highest BCUT2D eigenvalue weighted by Gasteiger charge is 2.20. The van der Waals surface area contributed by atoms with Crippen molar-refractivity contribution in [2.45, 2.75) is 19.4 Å². The monoisotopic (exact) mass is 246 g/mol. The van der Waals surface area contributed by atoms with E-state index in [9.17, 15) is 0 Å². The zero-order valence-corrected chi connectivity index (χ0v) is 10.5. The van der Waals surface area contributed by atoms with E-state index in [0.717, 1.165) is 29.3 Å². The molecule has 0 saturated carbocycles. The Balaban J connectivity index is 2.16. The minimum Gasteiger partial charge on any atom is -0.497 e. The Morgan fingerprint density at radius 2 is 2.29 bits per heavy atom. The molecule has 2 aromatic rings. The van der Waals surface area contributed by atoms with Crippen LogP contribution in [-0.2, 0) is 19.4 Å². The number of thiazole rings is 1. The summed E-state index contributed by atoms with van der Waals surface area (Å²) >= 11 is 1.74. The normalized spacial score (nSPS) is 13.1. The molecule has 1 heterocycles. The van der Waals surface area contributed by atoms with E-state index in [2.05, 4.69) is 17.1 Å². The number of fused-ring (bicyclic) bond motifs is 3. The molecular formula is C13H14N2OS. The van der Waals surface area contributed by atoms with E-state index in [1.165, 1.54) is 16.0 Å². The molecule has 1 aliphatic carbocycles. The van der Waals surface area contributed by atoms with Crippen molar-refractivity contribution < 1.29 is 4.74 Å². The summed E-state index contributed by atoms with van der Waals surface area (Å²) in [4.78, 5) is 5.98. The molecule has 0 aliphatic heterocycles. The smallest absolute Gasteiger partial charge is 0.119 e. The van der Waals surface area contributed by atoms with Gasteiger partial charge in [0.15, 0.2) is 0 Å². The SMILES string of the molecule is COc1ccc2c(c1)-c1nc(CN)sc1CC2. The van der Waals surface area contributed by atoms with E-state index < -0.39 is 0 Å². The van der Waals surface area contributed by atoms with Gasteiger partial charge in [-0.05, 0) is 30.5 Å². The van der Waals surface area contributed by atoms with Gasteiger partial charge in [0.1, 0.15) is 10.8 Å². The summed E-state index contributed by atoms with van der Waals surface area (Å²) in [5, 5.41) is 1.02. The van der Waals surface area contributed by atoms with Crippen LogP contribution in [0.15, 0.2) is 18.2 Å². The van der Waals surface area contributed by atoms with E-state index in [4.69, 9.17) is 10.5 Å². The van der Waals surface area contributed by atoms with Gasteiger partial charge in [0.25, 0.3) is 0 Å². The Morgan fingerprint density at radius 3 is 3.06 bits per heavy atom. The third kappa shape index (κ3) is 1.73. The minimum absolute atomic E-state index is 0.525. The van der Waals surface area contributed by atoms with Crippen molar-refractivity contribution in [1.29, 1.82) is 0 Å². The van der Waals surface area contributed by atoms with Crippen LogP contribution in [-0.4, -0.2) is 12.1 Å². The first-order valence-corrected chi connectivity index (χ1v) is 6.49. The Labute approximate surface area is 104 Å². The van der Waals surface area contributed by atoms with Crippen molar-refractivity contribution in [2.75, 3.05) is 7.11 Å². The van der Waals surface area contributed by atoms with Crippen molar-refractivity contribution in [3.63, 3.8) is 0 Å². The van der Waals surface area contributed by atoms with Gasteiger partial charge in [-0.1, -0.05) is 6.07 Å². The Hall–Kier alpha value is -1.39. The number of rotatable bonds is 2. The van der Waals surface area contributed by atoms with Gasteiger partial charge in [-0.2, -0.15) is 0 Å². The molecular weight excluding hydrogens is 232 g/mol. The number of nitrogens with zero attached hydrogens (tertiary/aromatic N) is 1. The highest BCUT2D eigenvalue weighted by molar-refractivity contribution is 7.12. The number of ether oxygens (including phenoxy) is 1. The Kier molecular flexibility index (Phi) is 2.61. The van der Waals surface area contributed by atoms with Gasteiger partial charge >= 0.3 is 0 Å². The van der Waals surface area contributed by atoms with Crippen molar-refractivity contribution in [3.05, 3.63) is 33.6 Å². The number of benzene rings is 1. The summed E-state index contributed by atoms with van der Waals surface area (Å²) in [5.74, 6) is 0.888. The molecule has 0 bridgehead atoms. The van der Waals surface area contributed by atoms with Crippen LogP contribution in [0.3, 0.4) is 0 Å². The Morgan fingerprint density at radius 1 is 1.41 bits per heavy atom. The van der Waals surface area contributed by atoms with Gasteiger partial charge in [-0.15, -0.1) is 11.3 Å². The fraction of sp³-hybridized carbons (Fsp3) is 0.308. The third-order valence-corrected chi connectivity index (χ3v) is 4.25. The zero-order chi connectivity index (χ0) is 11.8. The second-order valence-electron chi connectivity index (χ2n) is 4.11. The molecule has 3 nitrogen and oxygen atoms in total. The summed E-state index contributed by atoms with van der Waals surface area (Å²) < 4.78 is 5.28. The lowest BCUT2D eigenvalue weighted by Crippen LogP contribution is -2.02. The molecule has 0 atom stereocenters. The maximum atomic E-state index is 5.66. The van der Waals surface area contributed by atoms with Crippen LogP contribution in [0.2, 0.25) is 0 Å². The minimum atomic E-state index is 0.525. The first-order chi connectivity index (χ1) is 8.31. The van der Waals surface area contributed by atoms with Gasteiger partial charge in [0, 0.05) is 17.0 Å². The maximum Gasteiger partial charge on any atom is 0.119 e. The fourth-order valence-electron chi connectivity index (χ4n) is 2.24. The van der Waals surface area contributed by atoms with Gasteiger partial charge in [-0.25, -0.2) is 4.98 Å². The molecule has 0 amide bonds. The quantitative estimate of drug-likeness (QED) is 0.885. The molecule has 0 radical (unpaired) electrons. The number of hydrogen-bond acceptors (Lipinski definition) is 4. The lowest BCUT2D eigenvalue weighted by molar-refractivity contribution is 0.415. The predicted octanol–water partition coefficient (Wildman–Crippen LogP) is 2.38. The number of methoxy groups -OCH3 is 1. The molecule has 17 heavy (non-hydrogen) atoms. The average Bonchev–Trinajstić information content (AvgIpc) is 2.81. The van der Waals surface area contributed by atoms with Gasteiger partial charge in [-0.3, -0.25) is 0 Å². The molecule has 4 heteroatoms. The maximum absolute atomic E-state index is 5.66. The van der Waals surface area contributed by atoms with Crippen LogP contribution in [0, 0.1) is 0 Å². The summed E-state index contributed by atoms with van der Waals surface area (Å²) in [5.41, 5.74) is 9.33. The van der Waals surface area contributed by atoms with Crippen LogP contribution >= 0.6 is 11.3 Å². The van der Waals surface area contributed by atoms with E-state index >= 15 is 0 Å². The number of aryl methyl sites for hydroxylation is 2. The molecule has 0 fully saturated rings. The summed E-state index contributed by atoms with van der Waals surface area (Å²) in [6.07, 6.45) is 2.16. The molecule has 0 spiro atoms. The standard InChI is InChI=1S/C13H14N2OS/c1-16-9-4-2-8-3-5-11-13(10(8)6-9)15-12(7-14)17-11/h2,4,6H,3,5,7,14H2,1H3. The second-order valence-corrected chi connectivity index (χ2v) is 5.27. The Bertz CT molecular complexity index is 563. The fourth-order valence-corrected chi connectivity index (χ4v) is 3.20. The molecule has 88 valence electrons. The number of aromatic nitrogens is 1. The van der Waals surface area contributed by atoms with E-state index in [1.54, 1.807) is 18.4 Å². The molecule has 0 saturated heterocycles. The molecule has 1 aromatic heterocycles. The van der Waals surface area contributed by atoms with Crippen LogP contribution in [0.25, 0.3) is 11.3 Å². The van der Waals surface area contributed by atoms with Crippen LogP contribution < -0.4 is 10.5 Å². The molecule has 2 N–H and O–H groups in total. The highest BCUT2D eigenvalue weighted by atomic mass is 32.1. The third-order valence-electron chi connectivity index (χ3n) is 3.11. The highest BCUT2D eigenvalue weighted by Crippen LogP contribution is 2.37. The molecule has 0 unspecified atom stereocenters. The van der Waals surface area contributed by atoms with Gasteiger partial charge < -0.3 is 10.5 Å². The summed E-state index contributed by atoms with van der Waals surface area (Å²) in [6, 6.07) is 6.23. The van der Waals surface area contributed by atoms with Crippen LogP contribution in [0.4, 0.5) is 0 Å². The number of hydrogen-bond donors (Lipinski definition) is 1. The van der Waals surface area contributed by atoms with Crippen molar-refractivity contribution in [3.8, 4) is 17.0 Å². The molecule has 3 rings (SSSR count). The number of nitrogens with two attached hydrogens (primary N) is 1.